The van der Waals surface area contributed by atoms with Gasteiger partial charge in [-0.05, 0) is 59.1 Å². The fourth-order valence-corrected chi connectivity index (χ4v) is 6.05. The Morgan fingerprint density at radius 1 is 1.04 bits per heavy atom. The van der Waals surface area contributed by atoms with Crippen LogP contribution in [-0.4, -0.2) is 83.5 Å². The number of nitrogens with one attached hydrogen (secondary N) is 1. The number of thioether (sulfide) groups is 1. The van der Waals surface area contributed by atoms with Gasteiger partial charge in [0.2, 0.25) is 5.91 Å². The van der Waals surface area contributed by atoms with Crippen molar-refractivity contribution >= 4 is 46.1 Å². The van der Waals surface area contributed by atoms with E-state index in [1.165, 1.54) is 19.2 Å². The average molecular weight is 652 g/mol. The summed E-state index contributed by atoms with van der Waals surface area (Å²) in [5.74, 6) is 0.0801. The maximum absolute atomic E-state index is 13.5. The molecule has 3 aromatic carbocycles. The lowest BCUT2D eigenvalue weighted by Crippen LogP contribution is -2.52. The van der Waals surface area contributed by atoms with E-state index in [-0.39, 0.29) is 30.1 Å². The summed E-state index contributed by atoms with van der Waals surface area (Å²) >= 11 is 1.58. The van der Waals surface area contributed by atoms with Gasteiger partial charge in [-0.3, -0.25) is 19.8 Å². The van der Waals surface area contributed by atoms with Crippen LogP contribution in [0, 0.1) is 16.0 Å². The largest absolute Gasteiger partial charge is 0.467 e. The number of urea groups is 1. The number of amides is 3. The van der Waals surface area contributed by atoms with E-state index in [1.807, 2.05) is 53.6 Å². The van der Waals surface area contributed by atoms with E-state index in [2.05, 4.69) is 19.2 Å². The molecule has 3 rings (SSSR count). The predicted molar refractivity (Wildman–Crippen MR) is 183 cm³/mol. The lowest BCUT2D eigenvalue weighted by atomic mass is 10.00. The first-order chi connectivity index (χ1) is 22.0. The summed E-state index contributed by atoms with van der Waals surface area (Å²) in [6.07, 6.45) is 3.46. The van der Waals surface area contributed by atoms with E-state index >= 15 is 0 Å². The molecule has 0 spiro atoms. The molecule has 0 bridgehead atoms. The lowest BCUT2D eigenvalue weighted by Gasteiger charge is -2.36. The topological polar surface area (TPSA) is 148 Å². The van der Waals surface area contributed by atoms with Gasteiger partial charge >= 0.3 is 12.0 Å². The van der Waals surface area contributed by atoms with Gasteiger partial charge < -0.3 is 20.7 Å². The number of carbonyl (C=O) groups excluding carboxylic acids is 3. The van der Waals surface area contributed by atoms with Crippen molar-refractivity contribution in [3.8, 4) is 0 Å². The SMILES string of the molecule is COC(=O)C(CCSC)NC(=O)CN(Cc1cccc2ccccc12)CC(CC(C)C)N(CCc1ccc([N+](=O)[O-])cc1)C(N)=O. The second-order valence-corrected chi connectivity index (χ2v) is 12.7. The Hall–Kier alpha value is -4.16. The van der Waals surface area contributed by atoms with Gasteiger partial charge in [0, 0.05) is 37.8 Å². The molecule has 0 heterocycles. The highest BCUT2D eigenvalue weighted by molar-refractivity contribution is 7.98. The van der Waals surface area contributed by atoms with Gasteiger partial charge in [0.15, 0.2) is 0 Å². The molecule has 248 valence electrons. The molecule has 3 amide bonds. The number of nitro groups is 1. The number of nitrogens with zero attached hydrogens (tertiary/aromatic N) is 3. The molecule has 46 heavy (non-hydrogen) atoms. The first kappa shape index (κ1) is 36.3. The number of primary amides is 1. The van der Waals surface area contributed by atoms with Crippen LogP contribution in [-0.2, 0) is 27.3 Å². The predicted octanol–water partition coefficient (Wildman–Crippen LogP) is 5.00. The molecule has 0 aromatic heterocycles. The van der Waals surface area contributed by atoms with Gasteiger partial charge in [-0.2, -0.15) is 11.8 Å². The normalized spacial score (nSPS) is 12.6. The minimum Gasteiger partial charge on any atom is -0.467 e. The Balaban J connectivity index is 1.90. The van der Waals surface area contributed by atoms with E-state index < -0.39 is 23.0 Å². The number of benzene rings is 3. The zero-order chi connectivity index (χ0) is 33.6. The molecule has 0 saturated heterocycles. The maximum Gasteiger partial charge on any atom is 0.328 e. The van der Waals surface area contributed by atoms with E-state index in [4.69, 9.17) is 10.5 Å². The number of rotatable bonds is 18. The summed E-state index contributed by atoms with van der Waals surface area (Å²) < 4.78 is 4.94. The van der Waals surface area contributed by atoms with Crippen molar-refractivity contribution in [3.05, 3.63) is 88.0 Å². The first-order valence-electron chi connectivity index (χ1n) is 15.4. The van der Waals surface area contributed by atoms with Gasteiger partial charge in [-0.15, -0.1) is 0 Å². The van der Waals surface area contributed by atoms with Crippen LogP contribution in [0.15, 0.2) is 66.7 Å². The molecule has 0 aliphatic rings. The number of ether oxygens (including phenoxy) is 1. The Morgan fingerprint density at radius 2 is 1.74 bits per heavy atom. The Labute approximate surface area is 275 Å². The molecule has 12 heteroatoms. The molecule has 0 fully saturated rings. The highest BCUT2D eigenvalue weighted by atomic mass is 32.2. The van der Waals surface area contributed by atoms with Crippen molar-refractivity contribution in [3.63, 3.8) is 0 Å². The first-order valence-corrected chi connectivity index (χ1v) is 16.8. The molecule has 11 nitrogen and oxygen atoms in total. The zero-order valence-corrected chi connectivity index (χ0v) is 27.8. The van der Waals surface area contributed by atoms with Crippen LogP contribution in [0.25, 0.3) is 10.8 Å². The Kier molecular flexibility index (Phi) is 14.3. The number of methoxy groups -OCH3 is 1. The van der Waals surface area contributed by atoms with Crippen LogP contribution in [0.2, 0.25) is 0 Å². The highest BCUT2D eigenvalue weighted by Gasteiger charge is 2.28. The van der Waals surface area contributed by atoms with Crippen molar-refractivity contribution in [2.24, 2.45) is 11.7 Å². The molecule has 2 atom stereocenters. The van der Waals surface area contributed by atoms with Gasteiger partial charge in [-0.25, -0.2) is 9.59 Å². The fourth-order valence-electron chi connectivity index (χ4n) is 5.58. The summed E-state index contributed by atoms with van der Waals surface area (Å²) in [5.41, 5.74) is 7.82. The fraction of sp³-hybridized carbons (Fsp3) is 0.441. The Morgan fingerprint density at radius 3 is 2.37 bits per heavy atom. The van der Waals surface area contributed by atoms with Crippen LogP contribution in [0.1, 0.15) is 37.8 Å². The highest BCUT2D eigenvalue weighted by Crippen LogP contribution is 2.22. The minimum atomic E-state index is -0.764. The van der Waals surface area contributed by atoms with Crippen LogP contribution >= 0.6 is 11.8 Å². The number of hydrogen-bond donors (Lipinski definition) is 2. The number of fused-ring (bicyclic) bond motifs is 1. The van der Waals surface area contributed by atoms with Gasteiger partial charge in [0.05, 0.1) is 18.6 Å². The molecule has 0 radical (unpaired) electrons. The van der Waals surface area contributed by atoms with Crippen LogP contribution in [0.4, 0.5) is 10.5 Å². The summed E-state index contributed by atoms with van der Waals surface area (Å²) in [7, 11) is 1.30. The van der Waals surface area contributed by atoms with Crippen molar-refractivity contribution < 1.29 is 24.0 Å². The third-order valence-electron chi connectivity index (χ3n) is 7.80. The quantitative estimate of drug-likeness (QED) is 0.111. The van der Waals surface area contributed by atoms with Gasteiger partial charge in [0.25, 0.3) is 5.69 Å². The molecule has 0 saturated carbocycles. The summed E-state index contributed by atoms with van der Waals surface area (Å²) in [6, 6.07) is 18.7. The van der Waals surface area contributed by atoms with Crippen molar-refractivity contribution in [1.82, 2.24) is 15.1 Å². The molecule has 3 aromatic rings. The van der Waals surface area contributed by atoms with E-state index in [9.17, 15) is 24.5 Å². The van der Waals surface area contributed by atoms with E-state index in [0.29, 0.717) is 44.6 Å². The smallest absolute Gasteiger partial charge is 0.328 e. The number of nitro benzene ring substituents is 1. The van der Waals surface area contributed by atoms with Crippen LogP contribution in [0.5, 0.6) is 0 Å². The van der Waals surface area contributed by atoms with E-state index in [1.54, 1.807) is 28.8 Å². The summed E-state index contributed by atoms with van der Waals surface area (Å²) in [4.78, 5) is 53.0. The molecular weight excluding hydrogens is 606 g/mol. The van der Waals surface area contributed by atoms with E-state index in [0.717, 1.165) is 21.9 Å². The van der Waals surface area contributed by atoms with Crippen LogP contribution in [0.3, 0.4) is 0 Å². The molecular formula is C34H45N5O6S. The summed E-state index contributed by atoms with van der Waals surface area (Å²) in [5, 5.41) is 16.1. The number of esters is 1. The molecule has 3 N–H and O–H groups in total. The minimum absolute atomic E-state index is 0.00145. The third-order valence-corrected chi connectivity index (χ3v) is 8.44. The third kappa shape index (κ3) is 11.0. The standard InChI is InChI=1S/C34H45N5O6S/c1-24(2)20-29(38(34(35)42)18-16-25-12-14-28(15-13-25)39(43)44)22-37(21-27-10-7-9-26-8-5-6-11-30(26)27)23-32(40)36-31(17-19-46-4)33(41)45-3/h5-15,24,29,31H,16-23H2,1-4H3,(H2,35,42)(H,36,40). The second kappa shape index (κ2) is 18.1. The molecule has 2 unspecified atom stereocenters. The lowest BCUT2D eigenvalue weighted by molar-refractivity contribution is -0.384. The van der Waals surface area contributed by atoms with Crippen molar-refractivity contribution in [2.75, 3.05) is 38.8 Å². The average Bonchev–Trinajstić information content (AvgIpc) is 3.02. The number of carbonyl (C=O) groups is 3. The van der Waals surface area contributed by atoms with Gasteiger partial charge in [0.1, 0.15) is 6.04 Å². The summed E-state index contributed by atoms with van der Waals surface area (Å²) in [6.45, 7) is 5.20. The number of hydrogen-bond acceptors (Lipinski definition) is 8. The zero-order valence-electron chi connectivity index (χ0n) is 27.0. The van der Waals surface area contributed by atoms with Gasteiger partial charge in [-0.1, -0.05) is 68.4 Å². The molecule has 0 aliphatic carbocycles. The molecule has 0 aliphatic heterocycles. The maximum atomic E-state index is 13.5. The number of nitrogens with two attached hydrogens (primary N) is 1. The van der Waals surface area contributed by atoms with Crippen LogP contribution < -0.4 is 11.1 Å². The monoisotopic (exact) mass is 651 g/mol. The van der Waals surface area contributed by atoms with Crippen molar-refractivity contribution in [2.45, 2.75) is 51.7 Å². The number of non-ortho nitro benzene ring substituents is 1. The Bertz CT molecular complexity index is 1460. The van der Waals surface area contributed by atoms with Crippen molar-refractivity contribution in [1.29, 1.82) is 0 Å². The second-order valence-electron chi connectivity index (χ2n) is 11.7.